The lowest BCUT2D eigenvalue weighted by molar-refractivity contribution is -0.143. The van der Waals surface area contributed by atoms with Crippen LogP contribution in [0.2, 0.25) is 0 Å². The first-order chi connectivity index (χ1) is 9.47. The Labute approximate surface area is 118 Å². The molecule has 0 aliphatic heterocycles. The van der Waals surface area contributed by atoms with Gasteiger partial charge in [0.25, 0.3) is 0 Å². The third-order valence-corrected chi connectivity index (χ3v) is 4.60. The summed E-state index contributed by atoms with van der Waals surface area (Å²) in [5.41, 5.74) is 0. The van der Waals surface area contributed by atoms with Crippen LogP contribution in [0.15, 0.2) is 29.2 Å². The Morgan fingerprint density at radius 2 is 1.90 bits per heavy atom. The number of carbonyl (C=O) groups is 1. The first kappa shape index (κ1) is 16.6. The lowest BCUT2D eigenvalue weighted by Crippen LogP contribution is -2.09. The van der Waals surface area contributed by atoms with Gasteiger partial charge in [0.1, 0.15) is 10.7 Å². The highest BCUT2D eigenvalue weighted by Crippen LogP contribution is 2.17. The van der Waals surface area contributed by atoms with Gasteiger partial charge in [0, 0.05) is 6.42 Å². The minimum absolute atomic E-state index is 0.114. The zero-order valence-electron chi connectivity index (χ0n) is 11.5. The number of ether oxygens (including phenoxy) is 1. The summed E-state index contributed by atoms with van der Waals surface area (Å²) in [7, 11) is -3.59. The van der Waals surface area contributed by atoms with Gasteiger partial charge in [-0.2, -0.15) is 0 Å². The molecule has 20 heavy (non-hydrogen) atoms. The number of benzene rings is 1. The van der Waals surface area contributed by atoms with Crippen molar-refractivity contribution >= 4 is 15.8 Å². The second kappa shape index (κ2) is 7.99. The summed E-state index contributed by atoms with van der Waals surface area (Å²) >= 11 is 0. The Morgan fingerprint density at radius 1 is 1.20 bits per heavy atom. The average Bonchev–Trinajstić information content (AvgIpc) is 2.39. The molecular weight excluding hydrogens is 283 g/mol. The number of unbranched alkanes of at least 4 members (excludes halogenated alkanes) is 2. The van der Waals surface area contributed by atoms with E-state index >= 15 is 0 Å². The summed E-state index contributed by atoms with van der Waals surface area (Å²) in [4.78, 5) is 10.8. The van der Waals surface area contributed by atoms with Crippen molar-refractivity contribution in [2.24, 2.45) is 0 Å². The number of carbonyl (C=O) groups excluding carboxylic acids is 1. The second-order valence-electron chi connectivity index (χ2n) is 4.36. The van der Waals surface area contributed by atoms with Gasteiger partial charge in [-0.3, -0.25) is 4.79 Å². The van der Waals surface area contributed by atoms with Gasteiger partial charge in [0.2, 0.25) is 0 Å². The number of rotatable bonds is 8. The summed E-state index contributed by atoms with van der Waals surface area (Å²) in [6.07, 6.45) is 1.85. The normalized spacial score (nSPS) is 11.3. The fourth-order valence-corrected chi connectivity index (χ4v) is 3.23. The molecule has 0 aliphatic rings. The van der Waals surface area contributed by atoms with Crippen molar-refractivity contribution < 1.29 is 22.3 Å². The maximum atomic E-state index is 13.4. The Hall–Kier alpha value is -1.43. The van der Waals surface area contributed by atoms with E-state index in [1.165, 1.54) is 18.2 Å². The minimum atomic E-state index is -3.59. The molecule has 0 N–H and O–H groups in total. The maximum Gasteiger partial charge on any atom is 0.305 e. The molecule has 0 spiro atoms. The number of hydrogen-bond donors (Lipinski definition) is 0. The van der Waals surface area contributed by atoms with E-state index in [4.69, 9.17) is 4.74 Å². The van der Waals surface area contributed by atoms with E-state index in [0.29, 0.717) is 25.9 Å². The fraction of sp³-hybridized carbons (Fsp3) is 0.500. The van der Waals surface area contributed by atoms with Crippen LogP contribution in [0, 0.1) is 5.82 Å². The monoisotopic (exact) mass is 302 g/mol. The molecule has 0 radical (unpaired) electrons. The van der Waals surface area contributed by atoms with Crippen LogP contribution in [-0.2, 0) is 19.4 Å². The zero-order valence-corrected chi connectivity index (χ0v) is 12.3. The van der Waals surface area contributed by atoms with Gasteiger partial charge in [-0.1, -0.05) is 18.6 Å². The van der Waals surface area contributed by atoms with E-state index in [-0.39, 0.29) is 23.0 Å². The molecule has 1 aromatic carbocycles. The molecule has 1 rings (SSSR count). The quantitative estimate of drug-likeness (QED) is 0.547. The van der Waals surface area contributed by atoms with Gasteiger partial charge in [0.15, 0.2) is 9.84 Å². The van der Waals surface area contributed by atoms with E-state index < -0.39 is 15.7 Å². The van der Waals surface area contributed by atoms with Crippen molar-refractivity contribution in [3.05, 3.63) is 30.1 Å². The van der Waals surface area contributed by atoms with Gasteiger partial charge in [-0.25, -0.2) is 12.8 Å². The molecule has 0 atom stereocenters. The third-order valence-electron chi connectivity index (χ3n) is 2.77. The smallest absolute Gasteiger partial charge is 0.305 e. The van der Waals surface area contributed by atoms with Gasteiger partial charge < -0.3 is 4.74 Å². The first-order valence-electron chi connectivity index (χ1n) is 6.60. The van der Waals surface area contributed by atoms with Crippen LogP contribution in [0.3, 0.4) is 0 Å². The molecule has 6 heteroatoms. The van der Waals surface area contributed by atoms with Crippen LogP contribution in [0.4, 0.5) is 4.39 Å². The molecule has 0 bridgehead atoms. The molecule has 1 aromatic rings. The van der Waals surface area contributed by atoms with E-state index in [1.807, 2.05) is 0 Å². The van der Waals surface area contributed by atoms with Crippen LogP contribution >= 0.6 is 0 Å². The number of hydrogen-bond acceptors (Lipinski definition) is 4. The van der Waals surface area contributed by atoms with Crippen LogP contribution in [0.25, 0.3) is 0 Å². The summed E-state index contributed by atoms with van der Waals surface area (Å²) < 4.78 is 42.0. The number of esters is 1. The van der Waals surface area contributed by atoms with Crippen LogP contribution in [0.5, 0.6) is 0 Å². The van der Waals surface area contributed by atoms with Gasteiger partial charge in [-0.15, -0.1) is 0 Å². The van der Waals surface area contributed by atoms with Crippen molar-refractivity contribution in [3.63, 3.8) is 0 Å². The van der Waals surface area contributed by atoms with Crippen LogP contribution < -0.4 is 0 Å². The maximum absolute atomic E-state index is 13.4. The van der Waals surface area contributed by atoms with E-state index in [9.17, 15) is 17.6 Å². The number of sulfone groups is 1. The summed E-state index contributed by atoms with van der Waals surface area (Å²) in [5, 5.41) is 0. The molecule has 0 amide bonds. The molecule has 0 aliphatic carbocycles. The molecule has 0 fully saturated rings. The summed E-state index contributed by atoms with van der Waals surface area (Å²) in [5.74, 6) is -1.11. The fourth-order valence-electron chi connectivity index (χ4n) is 1.78. The van der Waals surface area contributed by atoms with E-state index in [2.05, 4.69) is 0 Å². The van der Waals surface area contributed by atoms with Crippen molar-refractivity contribution in [1.29, 1.82) is 0 Å². The molecule has 0 saturated heterocycles. The topological polar surface area (TPSA) is 60.4 Å². The lowest BCUT2D eigenvalue weighted by Gasteiger charge is -2.05. The van der Waals surface area contributed by atoms with E-state index in [0.717, 1.165) is 6.07 Å². The molecule has 0 heterocycles. The largest absolute Gasteiger partial charge is 0.466 e. The van der Waals surface area contributed by atoms with E-state index in [1.54, 1.807) is 6.92 Å². The first-order valence-corrected chi connectivity index (χ1v) is 8.25. The Morgan fingerprint density at radius 3 is 2.55 bits per heavy atom. The molecular formula is C14H19FO4S. The average molecular weight is 302 g/mol. The molecule has 0 saturated carbocycles. The van der Waals surface area contributed by atoms with Crippen molar-refractivity contribution in [2.75, 3.05) is 12.4 Å². The molecule has 0 aromatic heterocycles. The molecule has 4 nitrogen and oxygen atoms in total. The standard InChI is InChI=1S/C14H19FO4S/c1-2-19-14(16)10-4-3-7-11-20(17,18)13-9-6-5-8-12(13)15/h5-6,8-9H,2-4,7,10-11H2,1H3. The Balaban J connectivity index is 2.38. The predicted octanol–water partition coefficient (Wildman–Crippen LogP) is 2.72. The van der Waals surface area contributed by atoms with Crippen molar-refractivity contribution in [1.82, 2.24) is 0 Å². The highest BCUT2D eigenvalue weighted by Gasteiger charge is 2.17. The summed E-state index contributed by atoms with van der Waals surface area (Å²) in [6, 6.07) is 5.35. The molecule has 0 unspecified atom stereocenters. The SMILES string of the molecule is CCOC(=O)CCCCCS(=O)(=O)c1ccccc1F. The third kappa shape index (κ3) is 5.28. The zero-order chi connectivity index (χ0) is 15.0. The van der Waals surface area contributed by atoms with Crippen molar-refractivity contribution in [3.8, 4) is 0 Å². The van der Waals surface area contributed by atoms with Gasteiger partial charge >= 0.3 is 5.97 Å². The van der Waals surface area contributed by atoms with Gasteiger partial charge in [-0.05, 0) is 31.9 Å². The van der Waals surface area contributed by atoms with Crippen LogP contribution in [-0.4, -0.2) is 26.7 Å². The minimum Gasteiger partial charge on any atom is -0.466 e. The predicted molar refractivity (Wildman–Crippen MR) is 73.6 cm³/mol. The Bertz CT molecular complexity index is 540. The van der Waals surface area contributed by atoms with Crippen molar-refractivity contribution in [2.45, 2.75) is 37.5 Å². The molecule has 112 valence electrons. The number of halogens is 1. The summed E-state index contributed by atoms with van der Waals surface area (Å²) in [6.45, 7) is 2.08. The highest BCUT2D eigenvalue weighted by atomic mass is 32.2. The highest BCUT2D eigenvalue weighted by molar-refractivity contribution is 7.91. The van der Waals surface area contributed by atoms with Gasteiger partial charge in [0.05, 0.1) is 12.4 Å². The van der Waals surface area contributed by atoms with Crippen LogP contribution in [0.1, 0.15) is 32.6 Å². The second-order valence-corrected chi connectivity index (χ2v) is 6.44. The lowest BCUT2D eigenvalue weighted by atomic mass is 10.2. The Kier molecular flexibility index (Phi) is 6.64.